The number of hydrogen-bond acceptors (Lipinski definition) is 3. The number of hydrogen-bond donors (Lipinski definition) is 2. The predicted molar refractivity (Wildman–Crippen MR) is 115 cm³/mol. The van der Waals surface area contributed by atoms with Crippen molar-refractivity contribution in [2.45, 2.75) is 27.3 Å². The van der Waals surface area contributed by atoms with E-state index >= 15 is 0 Å². The first-order valence-corrected chi connectivity index (χ1v) is 10.2. The molecule has 0 saturated heterocycles. The number of nitrogens with one attached hydrogen (secondary N) is 2. The van der Waals surface area contributed by atoms with E-state index < -0.39 is 0 Å². The van der Waals surface area contributed by atoms with Gasteiger partial charge in [-0.25, -0.2) is 0 Å². The minimum atomic E-state index is -0.0825. The molecule has 0 radical (unpaired) electrons. The van der Waals surface area contributed by atoms with E-state index in [2.05, 4.69) is 5.32 Å². The van der Waals surface area contributed by atoms with Crippen molar-refractivity contribution >= 4 is 17.5 Å². The Balaban J connectivity index is 1.91. The lowest BCUT2D eigenvalue weighted by atomic mass is 10.1. The van der Waals surface area contributed by atoms with E-state index in [1.54, 1.807) is 29.2 Å². The van der Waals surface area contributed by atoms with E-state index in [1.165, 1.54) is 0 Å². The lowest BCUT2D eigenvalue weighted by molar-refractivity contribution is -0.885. The van der Waals surface area contributed by atoms with Crippen LogP contribution in [0.2, 0.25) is 0 Å². The van der Waals surface area contributed by atoms with Gasteiger partial charge in [-0.1, -0.05) is 6.07 Å². The van der Waals surface area contributed by atoms with Crippen LogP contribution >= 0.6 is 0 Å². The summed E-state index contributed by atoms with van der Waals surface area (Å²) in [4.78, 5) is 27.8. The quantitative estimate of drug-likeness (QED) is 0.645. The molecule has 0 fully saturated rings. The Morgan fingerprint density at radius 1 is 1.03 bits per heavy atom. The summed E-state index contributed by atoms with van der Waals surface area (Å²) in [6.45, 7) is 8.90. The Labute approximate surface area is 173 Å². The molecule has 29 heavy (non-hydrogen) atoms. The fourth-order valence-electron chi connectivity index (χ4n) is 3.18. The summed E-state index contributed by atoms with van der Waals surface area (Å²) >= 11 is 0. The number of amides is 2. The lowest BCUT2D eigenvalue weighted by Gasteiger charge is -2.19. The molecular formula is C23H32N3O3+. The molecule has 0 bridgehead atoms. The molecule has 2 amide bonds. The molecule has 0 aliphatic carbocycles. The van der Waals surface area contributed by atoms with E-state index in [1.807, 2.05) is 52.1 Å². The monoisotopic (exact) mass is 398 g/mol. The number of rotatable bonds is 10. The predicted octanol–water partition coefficient (Wildman–Crippen LogP) is 2.22. The van der Waals surface area contributed by atoms with Crippen LogP contribution in [-0.4, -0.2) is 50.0 Å². The van der Waals surface area contributed by atoms with Gasteiger partial charge in [-0.05, 0) is 63.2 Å². The molecule has 0 aromatic heterocycles. The summed E-state index contributed by atoms with van der Waals surface area (Å²) < 4.78 is 5.45. The molecule has 0 heterocycles. The fourth-order valence-corrected chi connectivity index (χ4v) is 3.18. The van der Waals surface area contributed by atoms with Gasteiger partial charge in [0.05, 0.1) is 13.7 Å². The van der Waals surface area contributed by atoms with E-state index in [0.29, 0.717) is 37.5 Å². The number of anilines is 1. The van der Waals surface area contributed by atoms with Crippen molar-refractivity contribution in [2.24, 2.45) is 0 Å². The second-order valence-electron chi connectivity index (χ2n) is 6.99. The fraction of sp³-hybridized carbons (Fsp3) is 0.391. The maximum Gasteiger partial charge on any atom is 0.279 e. The van der Waals surface area contributed by atoms with Gasteiger partial charge >= 0.3 is 0 Å². The van der Waals surface area contributed by atoms with Gasteiger partial charge in [0.2, 0.25) is 0 Å². The van der Waals surface area contributed by atoms with Crippen LogP contribution in [0.15, 0.2) is 48.5 Å². The van der Waals surface area contributed by atoms with Gasteiger partial charge in [-0.3, -0.25) is 9.59 Å². The zero-order valence-electron chi connectivity index (χ0n) is 17.8. The van der Waals surface area contributed by atoms with Crippen LogP contribution in [0.5, 0.6) is 5.75 Å². The summed E-state index contributed by atoms with van der Waals surface area (Å²) in [5.74, 6) is 0.746. The molecule has 2 aromatic carbocycles. The first-order chi connectivity index (χ1) is 14.0. The average molecular weight is 399 g/mol. The molecular weight excluding hydrogens is 366 g/mol. The SMILES string of the molecule is CCOc1ccc(C[NH+](C)CC(=O)Nc2cccc(C(=O)N(CC)CC)c2)cc1. The van der Waals surface area contributed by atoms with Crippen LogP contribution in [0.25, 0.3) is 0 Å². The van der Waals surface area contributed by atoms with Crippen LogP contribution in [0, 0.1) is 0 Å². The van der Waals surface area contributed by atoms with Crippen molar-refractivity contribution in [3.8, 4) is 5.75 Å². The molecule has 6 nitrogen and oxygen atoms in total. The van der Waals surface area contributed by atoms with Crippen LogP contribution in [-0.2, 0) is 11.3 Å². The molecule has 2 rings (SSSR count). The van der Waals surface area contributed by atoms with E-state index in [0.717, 1.165) is 22.8 Å². The molecule has 2 N–H and O–H groups in total. The Kier molecular flexibility index (Phi) is 8.68. The number of benzene rings is 2. The Hall–Kier alpha value is -2.86. The third kappa shape index (κ3) is 6.91. The number of quaternary nitrogens is 1. The topological polar surface area (TPSA) is 63.1 Å². The second-order valence-corrected chi connectivity index (χ2v) is 6.99. The second kappa shape index (κ2) is 11.2. The summed E-state index contributed by atoms with van der Waals surface area (Å²) in [5.41, 5.74) is 2.37. The molecule has 1 unspecified atom stereocenters. The summed E-state index contributed by atoms with van der Waals surface area (Å²) in [6.07, 6.45) is 0. The van der Waals surface area contributed by atoms with Crippen molar-refractivity contribution in [1.29, 1.82) is 0 Å². The van der Waals surface area contributed by atoms with Gasteiger partial charge in [-0.2, -0.15) is 0 Å². The number of nitrogens with zero attached hydrogens (tertiary/aromatic N) is 1. The summed E-state index contributed by atoms with van der Waals surface area (Å²) in [7, 11) is 1.98. The maximum atomic E-state index is 12.5. The Morgan fingerprint density at radius 2 is 1.72 bits per heavy atom. The number of likely N-dealkylation sites (N-methyl/N-ethyl adjacent to an activating group) is 1. The highest BCUT2D eigenvalue weighted by atomic mass is 16.5. The normalized spacial score (nSPS) is 11.6. The Morgan fingerprint density at radius 3 is 2.34 bits per heavy atom. The van der Waals surface area contributed by atoms with Gasteiger partial charge in [0.15, 0.2) is 6.54 Å². The van der Waals surface area contributed by atoms with Crippen molar-refractivity contribution in [2.75, 3.05) is 38.6 Å². The van der Waals surface area contributed by atoms with Crippen LogP contribution < -0.4 is 15.0 Å². The summed E-state index contributed by atoms with van der Waals surface area (Å²) in [6, 6.07) is 15.1. The number of carbonyl (C=O) groups excluding carboxylic acids is 2. The van der Waals surface area contributed by atoms with Gasteiger partial charge in [0, 0.05) is 29.9 Å². The molecule has 2 aromatic rings. The molecule has 0 aliphatic heterocycles. The lowest BCUT2D eigenvalue weighted by Crippen LogP contribution is -3.08. The minimum absolute atomic E-state index is 0.0238. The van der Waals surface area contributed by atoms with E-state index in [-0.39, 0.29) is 11.8 Å². The van der Waals surface area contributed by atoms with Crippen LogP contribution in [0.1, 0.15) is 36.7 Å². The van der Waals surface area contributed by atoms with Crippen molar-refractivity contribution in [3.05, 3.63) is 59.7 Å². The van der Waals surface area contributed by atoms with Gasteiger partial charge in [-0.15, -0.1) is 0 Å². The van der Waals surface area contributed by atoms with Crippen molar-refractivity contribution < 1.29 is 19.2 Å². The maximum absolute atomic E-state index is 12.5. The molecule has 156 valence electrons. The minimum Gasteiger partial charge on any atom is -0.494 e. The van der Waals surface area contributed by atoms with Gasteiger partial charge < -0.3 is 19.9 Å². The highest BCUT2D eigenvalue weighted by Crippen LogP contribution is 2.13. The van der Waals surface area contributed by atoms with Crippen LogP contribution in [0.3, 0.4) is 0 Å². The third-order valence-electron chi connectivity index (χ3n) is 4.65. The molecule has 0 aliphatic rings. The van der Waals surface area contributed by atoms with E-state index in [9.17, 15) is 9.59 Å². The largest absolute Gasteiger partial charge is 0.494 e. The first-order valence-electron chi connectivity index (χ1n) is 10.2. The zero-order chi connectivity index (χ0) is 21.2. The first kappa shape index (κ1) is 22.4. The Bertz CT molecular complexity index is 801. The van der Waals surface area contributed by atoms with Gasteiger partial charge in [0.1, 0.15) is 12.3 Å². The molecule has 0 spiro atoms. The molecule has 6 heteroatoms. The van der Waals surface area contributed by atoms with Gasteiger partial charge in [0.25, 0.3) is 11.8 Å². The van der Waals surface area contributed by atoms with E-state index in [4.69, 9.17) is 4.74 Å². The molecule has 1 atom stereocenters. The van der Waals surface area contributed by atoms with Crippen molar-refractivity contribution in [1.82, 2.24) is 4.90 Å². The smallest absolute Gasteiger partial charge is 0.279 e. The summed E-state index contributed by atoms with van der Waals surface area (Å²) in [5, 5.41) is 2.90. The number of carbonyl (C=O) groups is 2. The standard InChI is InChI=1S/C23H31N3O3/c1-5-26(6-2)23(28)19-9-8-10-20(15-19)24-22(27)17-25(4)16-18-11-13-21(14-12-18)29-7-3/h8-15H,5-7,16-17H2,1-4H3,(H,24,27)/p+1. The zero-order valence-corrected chi connectivity index (χ0v) is 17.8. The highest BCUT2D eigenvalue weighted by Gasteiger charge is 2.15. The average Bonchev–Trinajstić information content (AvgIpc) is 2.70. The van der Waals surface area contributed by atoms with Crippen molar-refractivity contribution in [3.63, 3.8) is 0 Å². The number of ether oxygens (including phenoxy) is 1. The molecule has 0 saturated carbocycles. The van der Waals surface area contributed by atoms with Crippen LogP contribution in [0.4, 0.5) is 5.69 Å². The third-order valence-corrected chi connectivity index (χ3v) is 4.65. The highest BCUT2D eigenvalue weighted by molar-refractivity contribution is 5.97.